The Morgan fingerprint density at radius 2 is 1.90 bits per heavy atom. The number of nitriles is 1. The van der Waals surface area contributed by atoms with Crippen molar-refractivity contribution < 1.29 is 0 Å². The van der Waals surface area contributed by atoms with E-state index in [1.165, 1.54) is 0 Å². The third kappa shape index (κ3) is 3.64. The molecule has 7 heteroatoms. The van der Waals surface area contributed by atoms with Gasteiger partial charge in [-0.3, -0.25) is 4.68 Å². The van der Waals surface area contributed by atoms with E-state index in [-0.39, 0.29) is 0 Å². The van der Waals surface area contributed by atoms with Gasteiger partial charge >= 0.3 is 0 Å². The van der Waals surface area contributed by atoms with E-state index in [1.807, 2.05) is 47.4 Å². The van der Waals surface area contributed by atoms with Crippen LogP contribution in [0.3, 0.4) is 0 Å². The molecule has 0 amide bonds. The van der Waals surface area contributed by atoms with Crippen molar-refractivity contribution >= 4 is 16.9 Å². The van der Waals surface area contributed by atoms with E-state index in [4.69, 9.17) is 4.98 Å². The van der Waals surface area contributed by atoms with Crippen LogP contribution in [-0.4, -0.2) is 37.4 Å². The van der Waals surface area contributed by atoms with Gasteiger partial charge in [-0.15, -0.1) is 0 Å². The maximum Gasteiger partial charge on any atom is 0.143 e. The van der Waals surface area contributed by atoms with E-state index in [0.29, 0.717) is 12.1 Å². The van der Waals surface area contributed by atoms with Crippen molar-refractivity contribution in [1.82, 2.24) is 24.3 Å². The smallest absolute Gasteiger partial charge is 0.143 e. The number of nitrogens with zero attached hydrogens (tertiary/aromatic N) is 7. The number of rotatable bonds is 7. The van der Waals surface area contributed by atoms with Crippen molar-refractivity contribution in [2.45, 2.75) is 33.9 Å². The standard InChI is InChI=1S/C23H25N7/c1-4-28(5-2)22-10-8-18(15-25-22)23-26-20-13-17(14-24)7-9-21(20)30(23)16-19-11-12-29(6-3)27-19/h7-13,15H,4-6,16H2,1-3H3. The van der Waals surface area contributed by atoms with Crippen molar-refractivity contribution in [2.24, 2.45) is 0 Å². The summed E-state index contributed by atoms with van der Waals surface area (Å²) in [6.45, 7) is 9.59. The summed E-state index contributed by atoms with van der Waals surface area (Å²) in [6.07, 6.45) is 3.86. The maximum atomic E-state index is 9.27. The van der Waals surface area contributed by atoms with Crippen LogP contribution < -0.4 is 4.90 Å². The van der Waals surface area contributed by atoms with Gasteiger partial charge in [0.15, 0.2) is 0 Å². The van der Waals surface area contributed by atoms with Gasteiger partial charge in [-0.1, -0.05) is 0 Å². The lowest BCUT2D eigenvalue weighted by Crippen LogP contribution is -2.22. The Kier molecular flexibility index (Phi) is 5.48. The highest BCUT2D eigenvalue weighted by Gasteiger charge is 2.16. The number of benzene rings is 1. The van der Waals surface area contributed by atoms with E-state index >= 15 is 0 Å². The van der Waals surface area contributed by atoms with Crippen molar-refractivity contribution in [3.05, 3.63) is 60.0 Å². The Morgan fingerprint density at radius 3 is 2.53 bits per heavy atom. The molecule has 7 nitrogen and oxygen atoms in total. The van der Waals surface area contributed by atoms with Crippen molar-refractivity contribution in [3.8, 4) is 17.5 Å². The number of aryl methyl sites for hydroxylation is 1. The largest absolute Gasteiger partial charge is 0.357 e. The van der Waals surface area contributed by atoms with Gasteiger partial charge in [-0.05, 0) is 57.2 Å². The number of fused-ring (bicyclic) bond motifs is 1. The topological polar surface area (TPSA) is 75.6 Å². The fraction of sp³-hybridized carbons (Fsp3) is 0.304. The highest BCUT2D eigenvalue weighted by molar-refractivity contribution is 5.82. The number of imidazole rings is 1. The first-order valence-electron chi connectivity index (χ1n) is 10.3. The third-order valence-electron chi connectivity index (χ3n) is 5.31. The zero-order chi connectivity index (χ0) is 21.1. The predicted molar refractivity (Wildman–Crippen MR) is 118 cm³/mol. The molecule has 0 radical (unpaired) electrons. The summed E-state index contributed by atoms with van der Waals surface area (Å²) < 4.78 is 4.06. The summed E-state index contributed by atoms with van der Waals surface area (Å²) in [7, 11) is 0. The molecule has 0 aliphatic carbocycles. The third-order valence-corrected chi connectivity index (χ3v) is 5.31. The van der Waals surface area contributed by atoms with Gasteiger partial charge in [0.1, 0.15) is 11.6 Å². The van der Waals surface area contributed by atoms with Crippen molar-refractivity contribution in [2.75, 3.05) is 18.0 Å². The van der Waals surface area contributed by atoms with Gasteiger partial charge in [0.2, 0.25) is 0 Å². The summed E-state index contributed by atoms with van der Waals surface area (Å²) in [4.78, 5) is 11.7. The minimum absolute atomic E-state index is 0.600. The molecule has 3 aromatic heterocycles. The zero-order valence-corrected chi connectivity index (χ0v) is 17.6. The van der Waals surface area contributed by atoms with Crippen LogP contribution in [0.4, 0.5) is 5.82 Å². The molecule has 0 aliphatic rings. The van der Waals surface area contributed by atoms with Crippen LogP contribution >= 0.6 is 0 Å². The summed E-state index contributed by atoms with van der Waals surface area (Å²) >= 11 is 0. The van der Waals surface area contributed by atoms with Gasteiger partial charge in [-0.2, -0.15) is 10.4 Å². The second-order valence-electron chi connectivity index (χ2n) is 7.08. The molecule has 152 valence electrons. The normalized spacial score (nSPS) is 11.0. The van der Waals surface area contributed by atoms with Crippen molar-refractivity contribution in [3.63, 3.8) is 0 Å². The first kappa shape index (κ1) is 19.6. The second-order valence-corrected chi connectivity index (χ2v) is 7.08. The maximum absolute atomic E-state index is 9.27. The fourth-order valence-electron chi connectivity index (χ4n) is 3.66. The number of hydrogen-bond acceptors (Lipinski definition) is 5. The quantitative estimate of drug-likeness (QED) is 0.468. The molecule has 0 bridgehead atoms. The van der Waals surface area contributed by atoms with E-state index in [9.17, 15) is 5.26 Å². The highest BCUT2D eigenvalue weighted by Crippen LogP contribution is 2.27. The average molecular weight is 400 g/mol. The molecule has 1 aromatic carbocycles. The second kappa shape index (κ2) is 8.37. The first-order chi connectivity index (χ1) is 14.7. The highest BCUT2D eigenvalue weighted by atomic mass is 15.3. The Morgan fingerprint density at radius 1 is 1.07 bits per heavy atom. The van der Waals surface area contributed by atoms with Crippen LogP contribution in [0.1, 0.15) is 32.0 Å². The molecule has 0 aliphatic heterocycles. The van der Waals surface area contributed by atoms with E-state index in [1.54, 1.807) is 0 Å². The lowest BCUT2D eigenvalue weighted by Gasteiger charge is -2.19. The molecule has 4 aromatic rings. The number of anilines is 1. The molecule has 30 heavy (non-hydrogen) atoms. The summed E-state index contributed by atoms with van der Waals surface area (Å²) in [5.41, 5.74) is 4.28. The number of aromatic nitrogens is 5. The Labute approximate surface area is 176 Å². The molecule has 3 heterocycles. The summed E-state index contributed by atoms with van der Waals surface area (Å²) in [5.74, 6) is 1.78. The van der Waals surface area contributed by atoms with Crippen LogP contribution in [0, 0.1) is 11.3 Å². The van der Waals surface area contributed by atoms with E-state index in [0.717, 1.165) is 53.6 Å². The molecular weight excluding hydrogens is 374 g/mol. The first-order valence-corrected chi connectivity index (χ1v) is 10.3. The van der Waals surface area contributed by atoms with Crippen LogP contribution in [0.25, 0.3) is 22.4 Å². The SMILES string of the molecule is CCN(CC)c1ccc(-c2nc3cc(C#N)ccc3n2Cc2ccn(CC)n2)cn1. The molecular formula is C23H25N7. The molecule has 0 saturated heterocycles. The molecule has 4 rings (SSSR count). The molecule has 0 saturated carbocycles. The lowest BCUT2D eigenvalue weighted by atomic mass is 10.2. The van der Waals surface area contributed by atoms with Gasteiger partial charge in [0.25, 0.3) is 0 Å². The van der Waals surface area contributed by atoms with E-state index < -0.39 is 0 Å². The molecule has 0 spiro atoms. The van der Waals surface area contributed by atoms with Crippen LogP contribution in [0.15, 0.2) is 48.8 Å². The minimum Gasteiger partial charge on any atom is -0.357 e. The molecule has 0 fully saturated rings. The monoisotopic (exact) mass is 399 g/mol. The Balaban J connectivity index is 1.80. The van der Waals surface area contributed by atoms with Crippen molar-refractivity contribution in [1.29, 1.82) is 5.26 Å². The van der Waals surface area contributed by atoms with E-state index in [2.05, 4.69) is 52.5 Å². The average Bonchev–Trinajstić information content (AvgIpc) is 3.39. The summed E-state index contributed by atoms with van der Waals surface area (Å²) in [6, 6.07) is 14.0. The van der Waals surface area contributed by atoms with Crippen LogP contribution in [0.2, 0.25) is 0 Å². The van der Waals surface area contributed by atoms with Crippen LogP contribution in [0.5, 0.6) is 0 Å². The van der Waals surface area contributed by atoms with Gasteiger partial charge in [0, 0.05) is 37.6 Å². The fourth-order valence-corrected chi connectivity index (χ4v) is 3.66. The van der Waals surface area contributed by atoms with Gasteiger partial charge < -0.3 is 9.47 Å². The predicted octanol–water partition coefficient (Wildman–Crippen LogP) is 4.08. The minimum atomic E-state index is 0.600. The van der Waals surface area contributed by atoms with Gasteiger partial charge in [0.05, 0.1) is 34.9 Å². The number of hydrogen-bond donors (Lipinski definition) is 0. The summed E-state index contributed by atoms with van der Waals surface area (Å²) in [5, 5.41) is 13.9. The number of pyridine rings is 1. The van der Waals surface area contributed by atoms with Gasteiger partial charge in [-0.25, -0.2) is 9.97 Å². The molecule has 0 atom stereocenters. The Bertz CT molecular complexity index is 1190. The Hall–Kier alpha value is -3.66. The molecule has 0 N–H and O–H groups in total. The lowest BCUT2D eigenvalue weighted by molar-refractivity contribution is 0.639. The molecule has 0 unspecified atom stereocenters. The van der Waals surface area contributed by atoms with Crippen LogP contribution in [-0.2, 0) is 13.1 Å². The zero-order valence-electron chi connectivity index (χ0n) is 17.6.